The molecule has 2 N–H and O–H groups in total. The van der Waals surface area contributed by atoms with Crippen LogP contribution in [0.4, 0.5) is 0 Å². The highest BCUT2D eigenvalue weighted by molar-refractivity contribution is 6.36. The van der Waals surface area contributed by atoms with E-state index in [1.807, 2.05) is 0 Å². The van der Waals surface area contributed by atoms with Crippen LogP contribution in [-0.4, -0.2) is 64.4 Å². The predicted octanol–water partition coefficient (Wildman–Crippen LogP) is 2.82. The lowest BCUT2D eigenvalue weighted by molar-refractivity contribution is 0.0322. The SMILES string of the molecule is Oc1cc(Oc2ncc[nH]2)nc2c(Cl)c(OCCN3CCOCC3)ccc12. The predicted molar refractivity (Wildman–Crippen MR) is 99.8 cm³/mol. The zero-order chi connectivity index (χ0) is 18.6. The summed E-state index contributed by atoms with van der Waals surface area (Å²) in [6, 6.07) is 5.15. The van der Waals surface area contributed by atoms with Crippen molar-refractivity contribution in [2.24, 2.45) is 0 Å². The van der Waals surface area contributed by atoms with Crippen molar-refractivity contribution in [1.29, 1.82) is 0 Å². The molecule has 0 radical (unpaired) electrons. The molecule has 3 aromatic rings. The fraction of sp³-hybridized carbons (Fsp3) is 0.333. The molecule has 27 heavy (non-hydrogen) atoms. The number of nitrogens with zero attached hydrogens (tertiary/aromatic N) is 3. The Bertz CT molecular complexity index is 913. The van der Waals surface area contributed by atoms with E-state index in [-0.39, 0.29) is 17.6 Å². The summed E-state index contributed by atoms with van der Waals surface area (Å²) in [5, 5.41) is 11.1. The molecule has 1 aromatic carbocycles. The molecule has 9 heteroatoms. The van der Waals surface area contributed by atoms with E-state index in [4.69, 9.17) is 25.8 Å². The summed E-state index contributed by atoms with van der Waals surface area (Å²) in [7, 11) is 0. The van der Waals surface area contributed by atoms with Gasteiger partial charge in [-0.05, 0) is 12.1 Å². The second-order valence-corrected chi connectivity index (χ2v) is 6.43. The lowest BCUT2D eigenvalue weighted by Gasteiger charge is -2.26. The zero-order valence-electron chi connectivity index (χ0n) is 14.5. The van der Waals surface area contributed by atoms with Crippen molar-refractivity contribution in [3.63, 3.8) is 0 Å². The number of aromatic nitrogens is 3. The maximum atomic E-state index is 10.3. The van der Waals surface area contributed by atoms with E-state index in [0.717, 1.165) is 32.8 Å². The number of ether oxygens (including phenoxy) is 3. The fourth-order valence-electron chi connectivity index (χ4n) is 2.88. The molecule has 1 aliphatic rings. The Morgan fingerprint density at radius 3 is 2.93 bits per heavy atom. The number of morpholine rings is 1. The van der Waals surface area contributed by atoms with E-state index in [0.29, 0.717) is 28.3 Å². The van der Waals surface area contributed by atoms with Crippen LogP contribution < -0.4 is 9.47 Å². The minimum absolute atomic E-state index is 0.0170. The molecule has 8 nitrogen and oxygen atoms in total. The number of pyridine rings is 1. The van der Waals surface area contributed by atoms with Crippen LogP contribution in [0.25, 0.3) is 10.9 Å². The van der Waals surface area contributed by atoms with Crippen molar-refractivity contribution in [3.8, 4) is 23.4 Å². The van der Waals surface area contributed by atoms with Crippen LogP contribution in [0.15, 0.2) is 30.6 Å². The second kappa shape index (κ2) is 7.99. The van der Waals surface area contributed by atoms with Gasteiger partial charge in [-0.3, -0.25) is 4.90 Å². The van der Waals surface area contributed by atoms with Crippen LogP contribution in [0.1, 0.15) is 0 Å². The lowest BCUT2D eigenvalue weighted by atomic mass is 10.2. The van der Waals surface area contributed by atoms with Gasteiger partial charge >= 0.3 is 0 Å². The molecule has 0 atom stereocenters. The number of H-pyrrole nitrogens is 1. The zero-order valence-corrected chi connectivity index (χ0v) is 15.3. The first kappa shape index (κ1) is 17.8. The Balaban J connectivity index is 1.52. The summed E-state index contributed by atoms with van der Waals surface area (Å²) in [5.41, 5.74) is 0.405. The van der Waals surface area contributed by atoms with Gasteiger partial charge in [0, 0.05) is 43.5 Å². The number of hydrogen-bond acceptors (Lipinski definition) is 7. The van der Waals surface area contributed by atoms with Crippen molar-refractivity contribution in [1.82, 2.24) is 19.9 Å². The van der Waals surface area contributed by atoms with Crippen LogP contribution in [-0.2, 0) is 4.74 Å². The molecule has 2 aromatic heterocycles. The fourth-order valence-corrected chi connectivity index (χ4v) is 3.14. The normalized spacial score (nSPS) is 15.1. The van der Waals surface area contributed by atoms with Gasteiger partial charge in [-0.15, -0.1) is 0 Å². The van der Waals surface area contributed by atoms with Crippen LogP contribution in [0.2, 0.25) is 5.02 Å². The Hall–Kier alpha value is -2.55. The van der Waals surface area contributed by atoms with Crippen LogP contribution in [0.3, 0.4) is 0 Å². The highest BCUT2D eigenvalue weighted by atomic mass is 35.5. The number of halogens is 1. The van der Waals surface area contributed by atoms with Gasteiger partial charge in [0.25, 0.3) is 6.01 Å². The van der Waals surface area contributed by atoms with Gasteiger partial charge < -0.3 is 24.3 Å². The second-order valence-electron chi connectivity index (χ2n) is 6.05. The first-order valence-electron chi connectivity index (χ1n) is 8.63. The minimum atomic E-state index is 0.0170. The highest BCUT2D eigenvalue weighted by Crippen LogP contribution is 2.37. The smallest absolute Gasteiger partial charge is 0.300 e. The van der Waals surface area contributed by atoms with Gasteiger partial charge in [-0.2, -0.15) is 0 Å². The number of imidazole rings is 1. The number of hydrogen-bond donors (Lipinski definition) is 2. The number of benzene rings is 1. The van der Waals surface area contributed by atoms with Gasteiger partial charge in [-0.1, -0.05) is 11.6 Å². The summed E-state index contributed by atoms with van der Waals surface area (Å²) in [4.78, 5) is 13.5. The standard InChI is InChI=1S/C18H19ClN4O4/c19-16-14(26-10-7-23-5-8-25-9-6-23)2-1-12-13(24)11-15(22-17(12)16)27-18-20-3-4-21-18/h1-4,11H,5-10H2,(H,20,21)(H,22,24). The Labute approximate surface area is 160 Å². The summed E-state index contributed by atoms with van der Waals surface area (Å²) < 4.78 is 16.7. The van der Waals surface area contributed by atoms with Crippen molar-refractivity contribution < 1.29 is 19.3 Å². The Morgan fingerprint density at radius 1 is 1.30 bits per heavy atom. The van der Waals surface area contributed by atoms with Crippen LogP contribution >= 0.6 is 11.6 Å². The number of nitrogens with one attached hydrogen (secondary N) is 1. The summed E-state index contributed by atoms with van der Waals surface area (Å²) in [6.45, 7) is 4.59. The molecule has 1 fully saturated rings. The van der Waals surface area contributed by atoms with Gasteiger partial charge in [0.1, 0.15) is 28.6 Å². The van der Waals surface area contributed by atoms with Crippen LogP contribution in [0.5, 0.6) is 23.4 Å². The molecule has 0 spiro atoms. The average molecular weight is 391 g/mol. The number of aromatic amines is 1. The first-order chi connectivity index (χ1) is 13.2. The van der Waals surface area contributed by atoms with E-state index in [1.54, 1.807) is 24.5 Å². The van der Waals surface area contributed by atoms with E-state index < -0.39 is 0 Å². The number of rotatable bonds is 6. The highest BCUT2D eigenvalue weighted by Gasteiger charge is 2.15. The molecular weight excluding hydrogens is 372 g/mol. The molecular formula is C18H19ClN4O4. The molecule has 1 aliphatic heterocycles. The van der Waals surface area contributed by atoms with Crippen LogP contribution in [0, 0.1) is 0 Å². The van der Waals surface area contributed by atoms with E-state index in [1.165, 1.54) is 6.07 Å². The summed E-state index contributed by atoms with van der Waals surface area (Å²) in [5.74, 6) is 0.713. The topological polar surface area (TPSA) is 92.7 Å². The third-order valence-electron chi connectivity index (χ3n) is 4.28. The quantitative estimate of drug-likeness (QED) is 0.668. The Kier molecular flexibility index (Phi) is 5.28. The van der Waals surface area contributed by atoms with Crippen molar-refractivity contribution >= 4 is 22.5 Å². The molecule has 4 rings (SSSR count). The average Bonchev–Trinajstić information content (AvgIpc) is 3.18. The molecule has 0 bridgehead atoms. The number of fused-ring (bicyclic) bond motifs is 1. The third kappa shape index (κ3) is 4.08. The molecule has 0 unspecified atom stereocenters. The van der Waals surface area contributed by atoms with Gasteiger partial charge in [0.15, 0.2) is 0 Å². The maximum Gasteiger partial charge on any atom is 0.300 e. The van der Waals surface area contributed by atoms with Crippen molar-refractivity contribution in [2.45, 2.75) is 0 Å². The largest absolute Gasteiger partial charge is 0.507 e. The third-order valence-corrected chi connectivity index (χ3v) is 4.65. The molecule has 0 saturated carbocycles. The van der Waals surface area contributed by atoms with Crippen molar-refractivity contribution in [2.75, 3.05) is 39.5 Å². The molecule has 1 saturated heterocycles. The van der Waals surface area contributed by atoms with Gasteiger partial charge in [-0.25, -0.2) is 9.97 Å². The van der Waals surface area contributed by atoms with Gasteiger partial charge in [0.05, 0.1) is 13.2 Å². The minimum Gasteiger partial charge on any atom is -0.507 e. The Morgan fingerprint density at radius 2 is 2.15 bits per heavy atom. The van der Waals surface area contributed by atoms with E-state index >= 15 is 0 Å². The summed E-state index contributed by atoms with van der Waals surface area (Å²) >= 11 is 6.48. The van der Waals surface area contributed by atoms with E-state index in [9.17, 15) is 5.11 Å². The molecule has 142 valence electrons. The van der Waals surface area contributed by atoms with Crippen molar-refractivity contribution in [3.05, 3.63) is 35.6 Å². The number of aromatic hydroxyl groups is 1. The van der Waals surface area contributed by atoms with E-state index in [2.05, 4.69) is 19.9 Å². The summed E-state index contributed by atoms with van der Waals surface area (Å²) in [6.07, 6.45) is 3.19. The first-order valence-corrected chi connectivity index (χ1v) is 9.01. The lowest BCUT2D eigenvalue weighted by Crippen LogP contribution is -2.38. The molecule has 0 amide bonds. The molecule has 3 heterocycles. The monoisotopic (exact) mass is 390 g/mol. The maximum absolute atomic E-state index is 10.3. The molecule has 0 aliphatic carbocycles. The van der Waals surface area contributed by atoms with Gasteiger partial charge in [0.2, 0.25) is 5.88 Å².